The molecule has 1 atom stereocenters. The largest absolute Gasteiger partial charge is 0.325 e. The maximum Gasteiger partial charge on any atom is 0.263 e. The number of rotatable bonds is 10. The van der Waals surface area contributed by atoms with Gasteiger partial charge >= 0.3 is 0 Å². The zero-order valence-electron chi connectivity index (χ0n) is 23.3. The van der Waals surface area contributed by atoms with Crippen molar-refractivity contribution in [3.05, 3.63) is 114 Å². The number of pyridine rings is 1. The van der Waals surface area contributed by atoms with Crippen LogP contribution in [0.3, 0.4) is 0 Å². The molecule has 3 aromatic carbocycles. The van der Waals surface area contributed by atoms with Gasteiger partial charge in [0.1, 0.15) is 11.1 Å². The number of hydrogen-bond donors (Lipinski definition) is 2. The van der Waals surface area contributed by atoms with Crippen LogP contribution in [-0.4, -0.2) is 34.8 Å². The summed E-state index contributed by atoms with van der Waals surface area (Å²) in [6, 6.07) is 32.0. The summed E-state index contributed by atoms with van der Waals surface area (Å²) in [5.41, 5.74) is 3.98. The first-order chi connectivity index (χ1) is 21.3. The number of sulfonamides is 1. The minimum atomic E-state index is -3.95. The minimum absolute atomic E-state index is 0.0201. The van der Waals surface area contributed by atoms with Crippen molar-refractivity contribution in [2.45, 2.75) is 28.5 Å². The van der Waals surface area contributed by atoms with E-state index in [1.807, 2.05) is 73.7 Å². The van der Waals surface area contributed by atoms with Crippen molar-refractivity contribution in [1.29, 1.82) is 5.26 Å². The molecule has 1 unspecified atom stereocenters. The lowest BCUT2D eigenvalue weighted by atomic mass is 9.99. The fraction of sp³-hybridized carbons (Fsp3) is 0.0938. The number of halogens is 1. The van der Waals surface area contributed by atoms with Gasteiger partial charge in [0.2, 0.25) is 5.91 Å². The number of nitrogens with zero attached hydrogens (tertiary/aromatic N) is 4. The fourth-order valence-electron chi connectivity index (χ4n) is 4.28. The van der Waals surface area contributed by atoms with Crippen LogP contribution in [0.25, 0.3) is 22.4 Å². The second-order valence-corrected chi connectivity index (χ2v) is 12.7. The predicted octanol–water partition coefficient (Wildman–Crippen LogP) is 7.04. The van der Waals surface area contributed by atoms with Crippen molar-refractivity contribution >= 4 is 50.8 Å². The predicted molar refractivity (Wildman–Crippen MR) is 173 cm³/mol. The topological polar surface area (TPSA) is 138 Å². The molecule has 12 heteroatoms. The molecule has 9 nitrogen and oxygen atoms in total. The lowest BCUT2D eigenvalue weighted by Gasteiger charge is -2.17. The molecular weight excluding hydrogens is 616 g/mol. The molecule has 0 saturated heterocycles. The SMILES string of the molecule is CCC(Sc1nc(-c2ccccc2)cc(-c2ccccc2)c1C#N)C(=O)Nc1ccc(S(=O)(=O)Nc2ccc(Cl)nn2)cc1. The van der Waals surface area contributed by atoms with Gasteiger partial charge in [0.25, 0.3) is 10.0 Å². The highest BCUT2D eigenvalue weighted by Gasteiger charge is 2.24. The van der Waals surface area contributed by atoms with Crippen LogP contribution in [0.1, 0.15) is 18.9 Å². The smallest absolute Gasteiger partial charge is 0.263 e. The highest BCUT2D eigenvalue weighted by atomic mass is 35.5. The molecule has 5 rings (SSSR count). The Labute approximate surface area is 264 Å². The van der Waals surface area contributed by atoms with Crippen molar-refractivity contribution in [3.63, 3.8) is 0 Å². The molecule has 2 heterocycles. The normalized spacial score (nSPS) is 11.8. The molecule has 2 aromatic heterocycles. The fourth-order valence-corrected chi connectivity index (χ4v) is 6.41. The summed E-state index contributed by atoms with van der Waals surface area (Å²) in [7, 11) is -3.95. The Morgan fingerprint density at radius 1 is 0.932 bits per heavy atom. The summed E-state index contributed by atoms with van der Waals surface area (Å²) in [5, 5.41) is 20.4. The number of anilines is 2. The van der Waals surface area contributed by atoms with Crippen LogP contribution in [0.5, 0.6) is 0 Å². The molecule has 5 aromatic rings. The highest BCUT2D eigenvalue weighted by Crippen LogP contribution is 2.36. The molecule has 0 bridgehead atoms. The maximum absolute atomic E-state index is 13.4. The van der Waals surface area contributed by atoms with Crippen molar-refractivity contribution in [3.8, 4) is 28.5 Å². The van der Waals surface area contributed by atoms with Gasteiger partial charge in [0.15, 0.2) is 11.0 Å². The zero-order valence-corrected chi connectivity index (χ0v) is 25.7. The zero-order chi connectivity index (χ0) is 31.1. The van der Waals surface area contributed by atoms with Crippen LogP contribution in [0, 0.1) is 11.3 Å². The molecule has 220 valence electrons. The van der Waals surface area contributed by atoms with Crippen molar-refractivity contribution in [1.82, 2.24) is 15.2 Å². The van der Waals surface area contributed by atoms with Crippen LogP contribution in [-0.2, 0) is 14.8 Å². The van der Waals surface area contributed by atoms with Crippen LogP contribution in [0.4, 0.5) is 11.5 Å². The van der Waals surface area contributed by atoms with E-state index >= 15 is 0 Å². The third-order valence-corrected chi connectivity index (χ3v) is 9.40. The van der Waals surface area contributed by atoms with Crippen LogP contribution >= 0.6 is 23.4 Å². The molecular formula is C32H25ClN6O3S2. The van der Waals surface area contributed by atoms with Gasteiger partial charge in [0.05, 0.1) is 21.4 Å². The molecule has 0 aliphatic heterocycles. The molecule has 1 amide bonds. The molecule has 0 saturated carbocycles. The summed E-state index contributed by atoms with van der Waals surface area (Å²) >= 11 is 6.93. The quantitative estimate of drug-likeness (QED) is 0.155. The van der Waals surface area contributed by atoms with E-state index in [4.69, 9.17) is 16.6 Å². The first-order valence-corrected chi connectivity index (χ1v) is 16.2. The van der Waals surface area contributed by atoms with E-state index in [0.717, 1.165) is 16.7 Å². The number of hydrogen-bond acceptors (Lipinski definition) is 8. The van der Waals surface area contributed by atoms with E-state index < -0.39 is 15.3 Å². The van der Waals surface area contributed by atoms with Gasteiger partial charge in [-0.1, -0.05) is 91.0 Å². The van der Waals surface area contributed by atoms with Gasteiger partial charge in [0, 0.05) is 16.8 Å². The van der Waals surface area contributed by atoms with Gasteiger partial charge < -0.3 is 5.32 Å². The van der Waals surface area contributed by atoms with Crippen LogP contribution in [0.2, 0.25) is 5.15 Å². The lowest BCUT2D eigenvalue weighted by molar-refractivity contribution is -0.115. The number of nitriles is 1. The number of nitrogens with one attached hydrogen (secondary N) is 2. The standard InChI is InChI=1S/C32H25ClN6O3S2/c1-2-28(31(40)35-23-13-15-24(16-14-23)44(41,42)39-30-18-17-29(33)37-38-30)43-32-26(20-34)25(21-9-5-3-6-10-21)19-27(36-32)22-11-7-4-8-12-22/h3-19,28H,2H2,1H3,(H,35,40)(H,38,39). The van der Waals surface area contributed by atoms with E-state index in [9.17, 15) is 18.5 Å². The van der Waals surface area contributed by atoms with E-state index in [0.29, 0.717) is 28.4 Å². The van der Waals surface area contributed by atoms with Gasteiger partial charge in [-0.25, -0.2) is 13.4 Å². The molecule has 0 aliphatic rings. The number of aromatic nitrogens is 3. The van der Waals surface area contributed by atoms with Crippen molar-refractivity contribution in [2.75, 3.05) is 10.0 Å². The summed E-state index contributed by atoms with van der Waals surface area (Å²) in [6.45, 7) is 1.88. The summed E-state index contributed by atoms with van der Waals surface area (Å²) < 4.78 is 27.9. The first-order valence-electron chi connectivity index (χ1n) is 13.4. The van der Waals surface area contributed by atoms with Crippen LogP contribution < -0.4 is 10.0 Å². The second kappa shape index (κ2) is 13.7. The molecule has 0 fully saturated rings. The van der Waals surface area contributed by atoms with Crippen molar-refractivity contribution < 1.29 is 13.2 Å². The van der Waals surface area contributed by atoms with Gasteiger partial charge in [-0.2, -0.15) is 5.26 Å². The van der Waals surface area contributed by atoms with E-state index in [1.165, 1.54) is 48.2 Å². The maximum atomic E-state index is 13.4. The summed E-state index contributed by atoms with van der Waals surface area (Å²) in [6.07, 6.45) is 0.456. The Hall–Kier alpha value is -4.76. The summed E-state index contributed by atoms with van der Waals surface area (Å²) in [5.74, 6) is -0.286. The third kappa shape index (κ3) is 7.23. The van der Waals surface area contributed by atoms with E-state index in [1.54, 1.807) is 0 Å². The highest BCUT2D eigenvalue weighted by molar-refractivity contribution is 8.00. The number of benzene rings is 3. The molecule has 2 N–H and O–H groups in total. The van der Waals surface area contributed by atoms with Crippen LogP contribution in [0.15, 0.2) is 113 Å². The number of amides is 1. The monoisotopic (exact) mass is 640 g/mol. The van der Waals surface area contributed by atoms with Gasteiger partial charge in [-0.15, -0.1) is 10.2 Å². The number of carbonyl (C=O) groups excluding carboxylic acids is 1. The van der Waals surface area contributed by atoms with E-state index in [2.05, 4.69) is 26.3 Å². The minimum Gasteiger partial charge on any atom is -0.325 e. The number of carbonyl (C=O) groups is 1. The second-order valence-electron chi connectivity index (χ2n) is 9.45. The lowest BCUT2D eigenvalue weighted by Crippen LogP contribution is -2.25. The Morgan fingerprint density at radius 2 is 1.59 bits per heavy atom. The van der Waals surface area contributed by atoms with E-state index in [-0.39, 0.29) is 21.8 Å². The van der Waals surface area contributed by atoms with Crippen molar-refractivity contribution in [2.24, 2.45) is 0 Å². The summed E-state index contributed by atoms with van der Waals surface area (Å²) in [4.78, 5) is 18.2. The Kier molecular flexibility index (Phi) is 9.55. The first kappa shape index (κ1) is 30.7. The van der Waals surface area contributed by atoms with Gasteiger partial charge in [-0.3, -0.25) is 9.52 Å². The average molecular weight is 641 g/mol. The third-order valence-electron chi connectivity index (χ3n) is 6.47. The number of thioether (sulfide) groups is 1. The Morgan fingerprint density at radius 3 is 2.18 bits per heavy atom. The molecule has 0 radical (unpaired) electrons. The average Bonchev–Trinajstić information content (AvgIpc) is 3.05. The molecule has 44 heavy (non-hydrogen) atoms. The Bertz CT molecular complexity index is 1920. The molecule has 0 aliphatic carbocycles. The Balaban J connectivity index is 1.38. The van der Waals surface area contributed by atoms with Gasteiger partial charge in [-0.05, 0) is 54.4 Å². The molecule has 0 spiro atoms.